The van der Waals surface area contributed by atoms with Crippen LogP contribution in [-0.2, 0) is 5.41 Å². The Kier molecular flexibility index (Phi) is 4.43. The largest absolute Gasteiger partial charge is 0.375 e. The highest BCUT2D eigenvalue weighted by Gasteiger charge is 2.21. The Hall–Kier alpha value is -1.42. The molecule has 0 amide bonds. The molecule has 1 aromatic carbocycles. The molecule has 1 rings (SSSR count). The van der Waals surface area contributed by atoms with Gasteiger partial charge in [-0.05, 0) is 24.2 Å². The Morgan fingerprint density at radius 1 is 1.50 bits per heavy atom. The summed E-state index contributed by atoms with van der Waals surface area (Å²) in [5, 5.41) is 4.23. The SMILES string of the molecule is CCC(C)(C=NNC(N)=S)c1ccccc1. The summed E-state index contributed by atoms with van der Waals surface area (Å²) in [6, 6.07) is 10.2. The average Bonchev–Trinajstić information content (AvgIpc) is 2.29. The van der Waals surface area contributed by atoms with Crippen molar-refractivity contribution in [1.82, 2.24) is 5.43 Å². The lowest BCUT2D eigenvalue weighted by Gasteiger charge is -2.23. The van der Waals surface area contributed by atoms with Crippen LogP contribution in [0.5, 0.6) is 0 Å². The number of hydrazone groups is 1. The van der Waals surface area contributed by atoms with Crippen molar-refractivity contribution in [2.45, 2.75) is 25.7 Å². The van der Waals surface area contributed by atoms with Gasteiger partial charge in [-0.25, -0.2) is 0 Å². The number of thiocarbonyl (C=S) groups is 1. The molecule has 4 heteroatoms. The van der Waals surface area contributed by atoms with Gasteiger partial charge in [0.05, 0.1) is 0 Å². The van der Waals surface area contributed by atoms with E-state index in [-0.39, 0.29) is 10.5 Å². The van der Waals surface area contributed by atoms with Crippen molar-refractivity contribution in [2.24, 2.45) is 10.8 Å². The minimum absolute atomic E-state index is 0.0982. The molecule has 0 spiro atoms. The van der Waals surface area contributed by atoms with Crippen molar-refractivity contribution in [1.29, 1.82) is 0 Å². The number of nitrogens with two attached hydrogens (primary N) is 1. The lowest BCUT2D eigenvalue weighted by atomic mass is 9.81. The molecule has 0 aromatic heterocycles. The molecule has 0 aliphatic rings. The third-order valence-electron chi connectivity index (χ3n) is 2.69. The van der Waals surface area contributed by atoms with E-state index in [1.165, 1.54) is 5.56 Å². The van der Waals surface area contributed by atoms with E-state index in [4.69, 9.17) is 5.73 Å². The number of hydrogen-bond donors (Lipinski definition) is 2. The fourth-order valence-corrected chi connectivity index (χ4v) is 1.48. The van der Waals surface area contributed by atoms with Gasteiger partial charge in [0, 0.05) is 11.6 Å². The zero-order valence-electron chi connectivity index (χ0n) is 9.60. The van der Waals surface area contributed by atoms with Gasteiger partial charge in [-0.2, -0.15) is 5.10 Å². The summed E-state index contributed by atoms with van der Waals surface area (Å²) in [4.78, 5) is 0. The van der Waals surface area contributed by atoms with Gasteiger partial charge in [0.15, 0.2) is 5.11 Å². The molecule has 16 heavy (non-hydrogen) atoms. The van der Waals surface area contributed by atoms with Gasteiger partial charge in [-0.3, -0.25) is 5.43 Å². The van der Waals surface area contributed by atoms with Gasteiger partial charge in [0.1, 0.15) is 0 Å². The maximum absolute atomic E-state index is 5.31. The number of rotatable bonds is 4. The highest BCUT2D eigenvalue weighted by atomic mass is 32.1. The van der Waals surface area contributed by atoms with Gasteiger partial charge in [0.25, 0.3) is 0 Å². The van der Waals surface area contributed by atoms with Gasteiger partial charge in [0.2, 0.25) is 0 Å². The predicted octanol–water partition coefficient (Wildman–Crippen LogP) is 2.17. The first-order chi connectivity index (χ1) is 7.58. The lowest BCUT2D eigenvalue weighted by molar-refractivity contribution is 0.622. The second kappa shape index (κ2) is 5.61. The molecule has 0 aliphatic heterocycles. The Morgan fingerprint density at radius 3 is 2.62 bits per heavy atom. The molecule has 0 heterocycles. The molecular formula is C12H17N3S. The Morgan fingerprint density at radius 2 is 2.12 bits per heavy atom. The first-order valence-corrected chi connectivity index (χ1v) is 5.64. The van der Waals surface area contributed by atoms with Crippen molar-refractivity contribution in [3.8, 4) is 0 Å². The van der Waals surface area contributed by atoms with Crippen LogP contribution < -0.4 is 11.2 Å². The standard InChI is InChI=1S/C12H17N3S/c1-3-12(2,9-14-15-11(13)16)10-7-5-4-6-8-10/h4-9H,3H2,1-2H3,(H3,13,15,16). The van der Waals surface area contributed by atoms with Crippen LogP contribution in [0.15, 0.2) is 35.4 Å². The maximum Gasteiger partial charge on any atom is 0.184 e. The first-order valence-electron chi connectivity index (χ1n) is 5.23. The summed E-state index contributed by atoms with van der Waals surface area (Å²) in [5.74, 6) is 0. The summed E-state index contributed by atoms with van der Waals surface area (Å²) in [6.07, 6.45) is 2.81. The van der Waals surface area contributed by atoms with Crippen LogP contribution in [0.25, 0.3) is 0 Å². The quantitative estimate of drug-likeness (QED) is 0.478. The Labute approximate surface area is 102 Å². The van der Waals surface area contributed by atoms with E-state index in [1.54, 1.807) is 0 Å². The number of hydrogen-bond acceptors (Lipinski definition) is 2. The molecule has 1 aromatic rings. The molecule has 3 N–H and O–H groups in total. The smallest absolute Gasteiger partial charge is 0.184 e. The summed E-state index contributed by atoms with van der Waals surface area (Å²) in [5.41, 5.74) is 9.02. The van der Waals surface area contributed by atoms with Gasteiger partial charge in [-0.1, -0.05) is 44.2 Å². The number of benzene rings is 1. The monoisotopic (exact) mass is 235 g/mol. The van der Waals surface area contributed by atoms with E-state index in [1.807, 2.05) is 24.4 Å². The minimum atomic E-state index is -0.0982. The molecule has 1 unspecified atom stereocenters. The highest BCUT2D eigenvalue weighted by molar-refractivity contribution is 7.80. The van der Waals surface area contributed by atoms with Gasteiger partial charge < -0.3 is 5.73 Å². The molecule has 0 fully saturated rings. The van der Waals surface area contributed by atoms with Crippen molar-refractivity contribution < 1.29 is 0 Å². The van der Waals surface area contributed by atoms with Crippen LogP contribution in [-0.4, -0.2) is 11.3 Å². The van der Waals surface area contributed by atoms with Crippen LogP contribution in [0.3, 0.4) is 0 Å². The molecule has 3 nitrogen and oxygen atoms in total. The van der Waals surface area contributed by atoms with E-state index < -0.39 is 0 Å². The Balaban J connectivity index is 2.86. The molecule has 0 bridgehead atoms. The van der Waals surface area contributed by atoms with Gasteiger partial charge in [-0.15, -0.1) is 0 Å². The fourth-order valence-electron chi connectivity index (χ4n) is 1.43. The highest BCUT2D eigenvalue weighted by Crippen LogP contribution is 2.24. The van der Waals surface area contributed by atoms with Gasteiger partial charge >= 0.3 is 0 Å². The first kappa shape index (κ1) is 12.6. The third kappa shape index (κ3) is 3.31. The predicted molar refractivity (Wildman–Crippen MR) is 72.5 cm³/mol. The third-order valence-corrected chi connectivity index (χ3v) is 2.78. The molecule has 0 aliphatic carbocycles. The zero-order chi connectivity index (χ0) is 12.0. The Bertz CT molecular complexity index is 375. The summed E-state index contributed by atoms with van der Waals surface area (Å²) < 4.78 is 0. The zero-order valence-corrected chi connectivity index (χ0v) is 10.4. The molecule has 0 saturated heterocycles. The van der Waals surface area contributed by atoms with E-state index in [0.717, 1.165) is 6.42 Å². The van der Waals surface area contributed by atoms with Crippen LogP contribution in [0.2, 0.25) is 0 Å². The summed E-state index contributed by atoms with van der Waals surface area (Å²) in [7, 11) is 0. The van der Waals surface area contributed by atoms with E-state index in [9.17, 15) is 0 Å². The lowest BCUT2D eigenvalue weighted by Crippen LogP contribution is -2.28. The average molecular weight is 235 g/mol. The van der Waals surface area contributed by atoms with E-state index in [2.05, 4.69) is 48.7 Å². The minimum Gasteiger partial charge on any atom is -0.375 e. The second-order valence-electron chi connectivity index (χ2n) is 3.87. The molecule has 86 valence electrons. The van der Waals surface area contributed by atoms with Crippen molar-refractivity contribution in [3.05, 3.63) is 35.9 Å². The van der Waals surface area contributed by atoms with Crippen LogP contribution >= 0.6 is 12.2 Å². The van der Waals surface area contributed by atoms with Crippen molar-refractivity contribution in [2.75, 3.05) is 0 Å². The maximum atomic E-state index is 5.31. The van der Waals surface area contributed by atoms with E-state index >= 15 is 0 Å². The summed E-state index contributed by atoms with van der Waals surface area (Å²) in [6.45, 7) is 4.26. The molecule has 0 saturated carbocycles. The topological polar surface area (TPSA) is 50.4 Å². The van der Waals surface area contributed by atoms with Crippen molar-refractivity contribution in [3.63, 3.8) is 0 Å². The van der Waals surface area contributed by atoms with Crippen LogP contribution in [0, 0.1) is 0 Å². The van der Waals surface area contributed by atoms with E-state index in [0.29, 0.717) is 0 Å². The van der Waals surface area contributed by atoms with Crippen LogP contribution in [0.4, 0.5) is 0 Å². The molecule has 0 radical (unpaired) electrons. The second-order valence-corrected chi connectivity index (χ2v) is 4.31. The van der Waals surface area contributed by atoms with Crippen LogP contribution in [0.1, 0.15) is 25.8 Å². The fraction of sp³-hybridized carbons (Fsp3) is 0.333. The van der Waals surface area contributed by atoms with Crippen molar-refractivity contribution >= 4 is 23.5 Å². The molecular weight excluding hydrogens is 218 g/mol. The normalized spacial score (nSPS) is 14.6. The molecule has 1 atom stereocenters. The summed E-state index contributed by atoms with van der Waals surface area (Å²) >= 11 is 4.69. The number of nitrogens with zero attached hydrogens (tertiary/aromatic N) is 1. The number of nitrogens with one attached hydrogen (secondary N) is 1.